The molecule has 2 N–H and O–H groups in total. The molecule has 0 bridgehead atoms. The molecule has 0 aliphatic rings. The van der Waals surface area contributed by atoms with Gasteiger partial charge in [0.05, 0.1) is 19.2 Å². The first-order chi connectivity index (χ1) is 9.60. The molecule has 0 aliphatic heterocycles. The van der Waals surface area contributed by atoms with Gasteiger partial charge in [-0.3, -0.25) is 0 Å². The number of aromatic nitrogens is 1. The van der Waals surface area contributed by atoms with Crippen molar-refractivity contribution in [2.45, 2.75) is 26.9 Å². The Hall–Kier alpha value is -1.81. The second kappa shape index (κ2) is 6.57. The summed E-state index contributed by atoms with van der Waals surface area (Å²) < 4.78 is 10.8. The highest BCUT2D eigenvalue weighted by Crippen LogP contribution is 2.23. The summed E-state index contributed by atoms with van der Waals surface area (Å²) in [5, 5.41) is 1.04. The number of nitrogens with two attached hydrogens (primary N) is 1. The fourth-order valence-corrected chi connectivity index (χ4v) is 1.95. The van der Waals surface area contributed by atoms with Gasteiger partial charge in [0.1, 0.15) is 11.6 Å². The zero-order chi connectivity index (χ0) is 14.5. The van der Waals surface area contributed by atoms with Gasteiger partial charge < -0.3 is 15.2 Å². The van der Waals surface area contributed by atoms with Crippen LogP contribution in [-0.4, -0.2) is 18.7 Å². The lowest BCUT2D eigenvalue weighted by molar-refractivity contribution is 0.111. The SMILES string of the molecule is COc1ccc2cc(COCCC(C)C)c(N)nc2c1. The van der Waals surface area contributed by atoms with E-state index in [9.17, 15) is 0 Å². The Balaban J connectivity index is 2.12. The zero-order valence-electron chi connectivity index (χ0n) is 12.3. The van der Waals surface area contributed by atoms with Crippen LogP contribution in [0.2, 0.25) is 0 Å². The highest BCUT2D eigenvalue weighted by atomic mass is 16.5. The number of anilines is 1. The first-order valence-corrected chi connectivity index (χ1v) is 6.91. The van der Waals surface area contributed by atoms with Crippen LogP contribution in [0, 0.1) is 5.92 Å². The van der Waals surface area contributed by atoms with Crippen LogP contribution in [0.15, 0.2) is 24.3 Å². The smallest absolute Gasteiger partial charge is 0.129 e. The minimum Gasteiger partial charge on any atom is -0.497 e. The maximum atomic E-state index is 5.99. The van der Waals surface area contributed by atoms with E-state index in [-0.39, 0.29) is 0 Å². The number of nitrogen functional groups attached to an aromatic ring is 1. The Morgan fingerprint density at radius 2 is 2.05 bits per heavy atom. The van der Waals surface area contributed by atoms with Crippen LogP contribution in [0.3, 0.4) is 0 Å². The monoisotopic (exact) mass is 274 g/mol. The van der Waals surface area contributed by atoms with Crippen LogP contribution in [0.5, 0.6) is 5.75 Å². The van der Waals surface area contributed by atoms with E-state index in [1.807, 2.05) is 24.3 Å². The predicted molar refractivity (Wildman–Crippen MR) is 81.8 cm³/mol. The van der Waals surface area contributed by atoms with Crippen LogP contribution in [0.4, 0.5) is 5.82 Å². The van der Waals surface area contributed by atoms with Gasteiger partial charge in [-0.1, -0.05) is 13.8 Å². The fraction of sp³-hybridized carbons (Fsp3) is 0.438. The number of nitrogens with zero attached hydrogens (tertiary/aromatic N) is 1. The van der Waals surface area contributed by atoms with Gasteiger partial charge in [-0.25, -0.2) is 4.98 Å². The van der Waals surface area contributed by atoms with Crippen molar-refractivity contribution in [3.05, 3.63) is 29.8 Å². The lowest BCUT2D eigenvalue weighted by Gasteiger charge is -2.10. The number of fused-ring (bicyclic) bond motifs is 1. The van der Waals surface area contributed by atoms with E-state index in [1.165, 1.54) is 0 Å². The van der Waals surface area contributed by atoms with E-state index in [4.69, 9.17) is 15.2 Å². The van der Waals surface area contributed by atoms with Crippen LogP contribution >= 0.6 is 0 Å². The molecule has 4 nitrogen and oxygen atoms in total. The third-order valence-electron chi connectivity index (χ3n) is 3.23. The lowest BCUT2D eigenvalue weighted by Crippen LogP contribution is -2.03. The second-order valence-corrected chi connectivity index (χ2v) is 5.33. The van der Waals surface area contributed by atoms with Crippen molar-refractivity contribution in [2.24, 2.45) is 5.92 Å². The van der Waals surface area contributed by atoms with E-state index >= 15 is 0 Å². The molecule has 4 heteroatoms. The average molecular weight is 274 g/mol. The van der Waals surface area contributed by atoms with Crippen molar-refractivity contribution in [2.75, 3.05) is 19.5 Å². The molecule has 20 heavy (non-hydrogen) atoms. The summed E-state index contributed by atoms with van der Waals surface area (Å²) in [4.78, 5) is 4.42. The molecule has 0 saturated heterocycles. The van der Waals surface area contributed by atoms with Gasteiger partial charge in [0.15, 0.2) is 0 Å². The summed E-state index contributed by atoms with van der Waals surface area (Å²) in [6, 6.07) is 7.82. The molecule has 0 aliphatic carbocycles. The first kappa shape index (κ1) is 14.6. The summed E-state index contributed by atoms with van der Waals surface area (Å²) >= 11 is 0. The molecule has 1 aromatic heterocycles. The number of methoxy groups -OCH3 is 1. The zero-order valence-corrected chi connectivity index (χ0v) is 12.3. The first-order valence-electron chi connectivity index (χ1n) is 6.91. The Kier molecular flexibility index (Phi) is 4.79. The van der Waals surface area contributed by atoms with E-state index in [2.05, 4.69) is 18.8 Å². The Bertz CT molecular complexity index is 582. The Morgan fingerprint density at radius 1 is 1.25 bits per heavy atom. The summed E-state index contributed by atoms with van der Waals surface area (Å²) in [5.74, 6) is 1.95. The van der Waals surface area contributed by atoms with Crippen molar-refractivity contribution in [1.82, 2.24) is 4.98 Å². The molecule has 108 valence electrons. The molecule has 0 unspecified atom stereocenters. The molecule has 0 spiro atoms. The number of pyridine rings is 1. The minimum atomic E-state index is 0.507. The van der Waals surface area contributed by atoms with E-state index < -0.39 is 0 Å². The van der Waals surface area contributed by atoms with Crippen molar-refractivity contribution >= 4 is 16.7 Å². The topological polar surface area (TPSA) is 57.4 Å². The van der Waals surface area contributed by atoms with Gasteiger partial charge in [-0.15, -0.1) is 0 Å². The van der Waals surface area contributed by atoms with Crippen molar-refractivity contribution in [3.8, 4) is 5.75 Å². The molecule has 1 heterocycles. The molecule has 2 rings (SSSR count). The molecular formula is C16H22N2O2. The second-order valence-electron chi connectivity index (χ2n) is 5.33. The molecule has 0 saturated carbocycles. The normalized spacial score (nSPS) is 11.2. The van der Waals surface area contributed by atoms with E-state index in [0.29, 0.717) is 18.3 Å². The van der Waals surface area contributed by atoms with Gasteiger partial charge in [0.2, 0.25) is 0 Å². The number of rotatable bonds is 6. The number of hydrogen-bond donors (Lipinski definition) is 1. The standard InChI is InChI=1S/C16H22N2O2/c1-11(2)6-7-20-10-13-8-12-4-5-14(19-3)9-15(12)18-16(13)17/h4-5,8-9,11H,6-7,10H2,1-3H3,(H2,17,18). The minimum absolute atomic E-state index is 0.507. The van der Waals surface area contributed by atoms with Crippen LogP contribution in [-0.2, 0) is 11.3 Å². The predicted octanol–water partition coefficient (Wildman–Crippen LogP) is 3.39. The molecule has 0 atom stereocenters. The maximum Gasteiger partial charge on any atom is 0.129 e. The van der Waals surface area contributed by atoms with E-state index in [0.717, 1.165) is 35.2 Å². The highest BCUT2D eigenvalue weighted by molar-refractivity contribution is 5.82. The van der Waals surface area contributed by atoms with Crippen LogP contribution < -0.4 is 10.5 Å². The van der Waals surface area contributed by atoms with E-state index in [1.54, 1.807) is 7.11 Å². The van der Waals surface area contributed by atoms with Crippen LogP contribution in [0.1, 0.15) is 25.8 Å². The quantitative estimate of drug-likeness (QED) is 0.820. The van der Waals surface area contributed by atoms with Crippen LogP contribution in [0.25, 0.3) is 10.9 Å². The van der Waals surface area contributed by atoms with Crippen molar-refractivity contribution in [1.29, 1.82) is 0 Å². The summed E-state index contributed by atoms with van der Waals surface area (Å²) in [6.07, 6.45) is 1.05. The fourth-order valence-electron chi connectivity index (χ4n) is 1.95. The van der Waals surface area contributed by atoms with Crippen molar-refractivity contribution in [3.63, 3.8) is 0 Å². The highest BCUT2D eigenvalue weighted by Gasteiger charge is 2.06. The average Bonchev–Trinajstić information content (AvgIpc) is 2.43. The largest absolute Gasteiger partial charge is 0.497 e. The number of hydrogen-bond acceptors (Lipinski definition) is 4. The maximum absolute atomic E-state index is 5.99. The third kappa shape index (κ3) is 3.61. The molecular weight excluding hydrogens is 252 g/mol. The molecule has 1 aromatic carbocycles. The van der Waals surface area contributed by atoms with Gasteiger partial charge in [0, 0.05) is 23.6 Å². The Labute approximate surface area is 119 Å². The number of benzene rings is 1. The number of ether oxygens (including phenoxy) is 2. The van der Waals surface area contributed by atoms with Gasteiger partial charge >= 0.3 is 0 Å². The summed E-state index contributed by atoms with van der Waals surface area (Å²) in [5.41, 5.74) is 7.77. The van der Waals surface area contributed by atoms with Gasteiger partial charge in [-0.2, -0.15) is 0 Å². The third-order valence-corrected chi connectivity index (χ3v) is 3.23. The Morgan fingerprint density at radius 3 is 2.75 bits per heavy atom. The van der Waals surface area contributed by atoms with Gasteiger partial charge in [-0.05, 0) is 30.5 Å². The molecule has 0 radical (unpaired) electrons. The molecule has 0 amide bonds. The molecule has 2 aromatic rings. The van der Waals surface area contributed by atoms with Gasteiger partial charge in [0.25, 0.3) is 0 Å². The summed E-state index contributed by atoms with van der Waals surface area (Å²) in [7, 11) is 1.64. The lowest BCUT2D eigenvalue weighted by atomic mass is 10.1. The molecule has 0 fully saturated rings. The summed E-state index contributed by atoms with van der Waals surface area (Å²) in [6.45, 7) is 5.62. The van der Waals surface area contributed by atoms with Crippen molar-refractivity contribution < 1.29 is 9.47 Å².